The van der Waals surface area contributed by atoms with Gasteiger partial charge in [-0.3, -0.25) is 0 Å². The van der Waals surface area contributed by atoms with Gasteiger partial charge in [0, 0.05) is 5.56 Å². The summed E-state index contributed by atoms with van der Waals surface area (Å²) in [6, 6.07) is 2.78. The van der Waals surface area contributed by atoms with Crippen LogP contribution in [0.1, 0.15) is 5.56 Å². The SMILES string of the molecule is N/C(=N\O)c1ccc(OCC(F)(F)C(F)F)c(F)c1. The predicted molar refractivity (Wildman–Crippen MR) is 55.4 cm³/mol. The summed E-state index contributed by atoms with van der Waals surface area (Å²) in [6.45, 7) is -1.66. The van der Waals surface area contributed by atoms with Crippen LogP contribution < -0.4 is 10.5 Å². The number of benzene rings is 1. The van der Waals surface area contributed by atoms with E-state index in [-0.39, 0.29) is 5.56 Å². The Kier molecular flexibility index (Phi) is 4.52. The van der Waals surface area contributed by atoms with Crippen molar-refractivity contribution in [3.05, 3.63) is 29.6 Å². The Hall–Kier alpha value is -2.06. The van der Waals surface area contributed by atoms with Gasteiger partial charge in [-0.05, 0) is 18.2 Å². The third kappa shape index (κ3) is 3.70. The van der Waals surface area contributed by atoms with Crippen LogP contribution in [-0.4, -0.2) is 30.0 Å². The zero-order valence-electron chi connectivity index (χ0n) is 9.29. The van der Waals surface area contributed by atoms with Crippen LogP contribution >= 0.6 is 0 Å². The second-order valence-electron chi connectivity index (χ2n) is 3.48. The third-order valence-corrected chi connectivity index (χ3v) is 2.07. The van der Waals surface area contributed by atoms with Crippen molar-refractivity contribution in [3.8, 4) is 5.75 Å². The Morgan fingerprint density at radius 3 is 2.53 bits per heavy atom. The lowest BCUT2D eigenvalue weighted by Crippen LogP contribution is -2.33. The largest absolute Gasteiger partial charge is 0.484 e. The van der Waals surface area contributed by atoms with E-state index in [1.807, 2.05) is 0 Å². The molecule has 0 aromatic heterocycles. The minimum absolute atomic E-state index is 0.0204. The zero-order chi connectivity index (χ0) is 14.6. The van der Waals surface area contributed by atoms with Gasteiger partial charge in [-0.2, -0.15) is 8.78 Å². The number of hydrogen-bond acceptors (Lipinski definition) is 3. The monoisotopic (exact) mass is 284 g/mol. The number of rotatable bonds is 5. The van der Waals surface area contributed by atoms with Gasteiger partial charge in [0.05, 0.1) is 0 Å². The minimum atomic E-state index is -4.38. The fourth-order valence-electron chi connectivity index (χ4n) is 1.07. The highest BCUT2D eigenvalue weighted by atomic mass is 19.3. The van der Waals surface area contributed by atoms with Gasteiger partial charge in [-0.15, -0.1) is 0 Å². The summed E-state index contributed by atoms with van der Waals surface area (Å²) in [6.07, 6.45) is -3.91. The average Bonchev–Trinajstić information content (AvgIpc) is 2.36. The maximum absolute atomic E-state index is 13.4. The molecule has 1 rings (SSSR count). The molecule has 0 spiro atoms. The van der Waals surface area contributed by atoms with Gasteiger partial charge in [-0.25, -0.2) is 13.2 Å². The molecule has 0 bridgehead atoms. The van der Waals surface area contributed by atoms with Gasteiger partial charge in [0.25, 0.3) is 0 Å². The number of nitrogens with two attached hydrogens (primary N) is 1. The van der Waals surface area contributed by atoms with Crippen molar-refractivity contribution < 1.29 is 31.9 Å². The van der Waals surface area contributed by atoms with E-state index in [0.29, 0.717) is 0 Å². The molecule has 0 saturated heterocycles. The van der Waals surface area contributed by atoms with Crippen molar-refractivity contribution in [2.24, 2.45) is 10.9 Å². The summed E-state index contributed by atoms with van der Waals surface area (Å²) < 4.78 is 66.5. The van der Waals surface area contributed by atoms with Crippen LogP contribution in [0.15, 0.2) is 23.4 Å². The van der Waals surface area contributed by atoms with Crippen LogP contribution in [0.25, 0.3) is 0 Å². The average molecular weight is 284 g/mol. The maximum atomic E-state index is 13.4. The van der Waals surface area contributed by atoms with Gasteiger partial charge >= 0.3 is 12.3 Å². The summed E-state index contributed by atoms with van der Waals surface area (Å²) in [5.74, 6) is -6.52. The number of amidine groups is 1. The van der Waals surface area contributed by atoms with Crippen molar-refractivity contribution in [2.75, 3.05) is 6.61 Å². The number of nitrogens with zero attached hydrogens (tertiary/aromatic N) is 1. The number of ether oxygens (including phenoxy) is 1. The molecule has 4 nitrogen and oxygen atoms in total. The van der Waals surface area contributed by atoms with Crippen molar-refractivity contribution in [1.82, 2.24) is 0 Å². The lowest BCUT2D eigenvalue weighted by Gasteiger charge is -2.16. The molecule has 0 saturated carbocycles. The van der Waals surface area contributed by atoms with E-state index in [4.69, 9.17) is 10.9 Å². The molecule has 1 aromatic rings. The number of hydrogen-bond donors (Lipinski definition) is 2. The normalized spacial score (nSPS) is 12.8. The highest BCUT2D eigenvalue weighted by Gasteiger charge is 2.41. The summed E-state index contributed by atoms with van der Waals surface area (Å²) >= 11 is 0. The molecular weight excluding hydrogens is 275 g/mol. The van der Waals surface area contributed by atoms with Gasteiger partial charge in [-0.1, -0.05) is 5.16 Å². The number of halogens is 5. The van der Waals surface area contributed by atoms with Crippen LogP contribution in [0, 0.1) is 5.82 Å². The van der Waals surface area contributed by atoms with Crippen molar-refractivity contribution in [1.29, 1.82) is 0 Å². The molecule has 0 atom stereocenters. The lowest BCUT2D eigenvalue weighted by atomic mass is 10.2. The molecule has 0 aliphatic heterocycles. The molecule has 0 aliphatic rings. The molecule has 0 amide bonds. The Labute approximate surface area is 104 Å². The molecule has 0 aliphatic carbocycles. The molecular formula is C10H9F5N2O2. The Morgan fingerprint density at radius 1 is 1.42 bits per heavy atom. The lowest BCUT2D eigenvalue weighted by molar-refractivity contribution is -0.148. The second kappa shape index (κ2) is 5.72. The fraction of sp³-hybridized carbons (Fsp3) is 0.300. The van der Waals surface area contributed by atoms with E-state index in [0.717, 1.165) is 18.2 Å². The molecule has 19 heavy (non-hydrogen) atoms. The summed E-state index contributed by atoms with van der Waals surface area (Å²) in [5.41, 5.74) is 5.15. The fourth-order valence-corrected chi connectivity index (χ4v) is 1.07. The van der Waals surface area contributed by atoms with Gasteiger partial charge in [0.2, 0.25) is 0 Å². The van der Waals surface area contributed by atoms with Gasteiger partial charge in [0.15, 0.2) is 24.0 Å². The second-order valence-corrected chi connectivity index (χ2v) is 3.48. The molecule has 0 fully saturated rings. The number of oxime groups is 1. The standard InChI is InChI=1S/C10H9F5N2O2/c11-6-3-5(8(16)17-18)1-2-7(6)19-4-10(14,15)9(12)13/h1-3,9,18H,4H2,(H2,16,17). The Bertz CT molecular complexity index is 479. The first-order valence-electron chi connectivity index (χ1n) is 4.84. The summed E-state index contributed by atoms with van der Waals surface area (Å²) in [5, 5.41) is 11.0. The predicted octanol–water partition coefficient (Wildman–Crippen LogP) is 2.20. The smallest absolute Gasteiger partial charge is 0.340 e. The van der Waals surface area contributed by atoms with Crippen molar-refractivity contribution in [3.63, 3.8) is 0 Å². The van der Waals surface area contributed by atoms with Crippen LogP contribution in [0.4, 0.5) is 22.0 Å². The highest BCUT2D eigenvalue weighted by Crippen LogP contribution is 2.25. The van der Waals surface area contributed by atoms with E-state index in [1.54, 1.807) is 0 Å². The van der Waals surface area contributed by atoms with Crippen molar-refractivity contribution >= 4 is 5.84 Å². The molecule has 9 heteroatoms. The van der Waals surface area contributed by atoms with Crippen LogP contribution in [0.3, 0.4) is 0 Å². The molecule has 3 N–H and O–H groups in total. The van der Waals surface area contributed by atoms with Gasteiger partial charge in [0.1, 0.15) is 0 Å². The number of alkyl halides is 4. The first-order chi connectivity index (χ1) is 8.77. The van der Waals surface area contributed by atoms with E-state index in [9.17, 15) is 22.0 Å². The summed E-state index contributed by atoms with van der Waals surface area (Å²) in [4.78, 5) is 0. The topological polar surface area (TPSA) is 67.8 Å². The first kappa shape index (κ1) is 15.0. The third-order valence-electron chi connectivity index (χ3n) is 2.07. The molecule has 106 valence electrons. The van der Waals surface area contributed by atoms with Crippen LogP contribution in [-0.2, 0) is 0 Å². The molecule has 0 heterocycles. The van der Waals surface area contributed by atoms with E-state index in [2.05, 4.69) is 9.89 Å². The molecule has 0 radical (unpaired) electrons. The maximum Gasteiger partial charge on any atom is 0.340 e. The summed E-state index contributed by atoms with van der Waals surface area (Å²) in [7, 11) is 0. The van der Waals surface area contributed by atoms with Crippen molar-refractivity contribution in [2.45, 2.75) is 12.3 Å². The zero-order valence-corrected chi connectivity index (χ0v) is 9.29. The first-order valence-corrected chi connectivity index (χ1v) is 4.84. The van der Waals surface area contributed by atoms with Gasteiger partial charge < -0.3 is 15.7 Å². The Morgan fingerprint density at radius 2 is 2.05 bits per heavy atom. The van der Waals surface area contributed by atoms with E-state index >= 15 is 0 Å². The van der Waals surface area contributed by atoms with E-state index < -0.39 is 36.4 Å². The van der Waals surface area contributed by atoms with Crippen LogP contribution in [0.5, 0.6) is 5.75 Å². The van der Waals surface area contributed by atoms with Crippen LogP contribution in [0.2, 0.25) is 0 Å². The highest BCUT2D eigenvalue weighted by molar-refractivity contribution is 5.97. The Balaban J connectivity index is 2.82. The molecule has 1 aromatic carbocycles. The minimum Gasteiger partial charge on any atom is -0.484 e. The van der Waals surface area contributed by atoms with E-state index in [1.165, 1.54) is 0 Å². The molecule has 0 unspecified atom stereocenters. The quantitative estimate of drug-likeness (QED) is 0.286.